The summed E-state index contributed by atoms with van der Waals surface area (Å²) >= 11 is 0. The highest BCUT2D eigenvalue weighted by molar-refractivity contribution is 5.99. The van der Waals surface area contributed by atoms with Gasteiger partial charge in [0.15, 0.2) is 11.5 Å². The van der Waals surface area contributed by atoms with Crippen molar-refractivity contribution in [2.45, 2.75) is 6.92 Å². The third-order valence-electron chi connectivity index (χ3n) is 4.72. The van der Waals surface area contributed by atoms with Crippen molar-refractivity contribution < 1.29 is 23.8 Å². The fourth-order valence-corrected chi connectivity index (χ4v) is 3.22. The smallest absolute Gasteiger partial charge is 0.325 e. The first-order chi connectivity index (χ1) is 14.0. The second-order valence-electron chi connectivity index (χ2n) is 6.65. The summed E-state index contributed by atoms with van der Waals surface area (Å²) in [5.41, 5.74) is 2.45. The number of anilines is 2. The van der Waals surface area contributed by atoms with Crippen LogP contribution in [0.5, 0.6) is 17.2 Å². The fourth-order valence-electron chi connectivity index (χ4n) is 3.22. The number of rotatable bonds is 7. The Balaban J connectivity index is 1.67. The van der Waals surface area contributed by atoms with Crippen LogP contribution < -0.4 is 24.4 Å². The van der Waals surface area contributed by atoms with E-state index >= 15 is 0 Å². The second-order valence-corrected chi connectivity index (χ2v) is 6.65. The molecule has 1 saturated heterocycles. The molecule has 0 spiro atoms. The highest BCUT2D eigenvalue weighted by atomic mass is 16.5. The van der Waals surface area contributed by atoms with Crippen LogP contribution in [0.2, 0.25) is 0 Å². The first kappa shape index (κ1) is 20.3. The van der Waals surface area contributed by atoms with E-state index in [0.717, 1.165) is 11.3 Å². The van der Waals surface area contributed by atoms with Gasteiger partial charge < -0.3 is 24.4 Å². The Hall–Kier alpha value is -3.42. The van der Waals surface area contributed by atoms with Crippen LogP contribution in [-0.4, -0.2) is 57.8 Å². The lowest BCUT2D eigenvalue weighted by Gasteiger charge is -2.19. The lowest BCUT2D eigenvalue weighted by Crippen LogP contribution is -2.37. The van der Waals surface area contributed by atoms with Crippen molar-refractivity contribution in [3.63, 3.8) is 0 Å². The summed E-state index contributed by atoms with van der Waals surface area (Å²) in [5, 5.41) is 2.79. The number of amides is 3. The molecule has 0 unspecified atom stereocenters. The van der Waals surface area contributed by atoms with Crippen molar-refractivity contribution in [3.8, 4) is 17.2 Å². The Morgan fingerprint density at radius 3 is 2.17 bits per heavy atom. The zero-order valence-electron chi connectivity index (χ0n) is 17.0. The molecule has 29 heavy (non-hydrogen) atoms. The van der Waals surface area contributed by atoms with Gasteiger partial charge in [-0.2, -0.15) is 0 Å². The fraction of sp³-hybridized carbons (Fsp3) is 0.333. The predicted molar refractivity (Wildman–Crippen MR) is 110 cm³/mol. The number of hydrogen-bond donors (Lipinski definition) is 1. The maximum absolute atomic E-state index is 12.7. The first-order valence-corrected chi connectivity index (χ1v) is 9.19. The Labute approximate surface area is 170 Å². The number of urea groups is 1. The third-order valence-corrected chi connectivity index (χ3v) is 4.72. The van der Waals surface area contributed by atoms with Crippen LogP contribution in [-0.2, 0) is 4.79 Å². The van der Waals surface area contributed by atoms with E-state index in [1.807, 2.05) is 31.2 Å². The normalized spacial score (nSPS) is 13.4. The quantitative estimate of drug-likeness (QED) is 0.774. The molecule has 3 rings (SSSR count). The molecule has 1 N–H and O–H groups in total. The molecule has 1 fully saturated rings. The lowest BCUT2D eigenvalue weighted by molar-refractivity contribution is -0.116. The zero-order valence-corrected chi connectivity index (χ0v) is 17.0. The van der Waals surface area contributed by atoms with E-state index in [1.165, 1.54) is 26.2 Å². The topological polar surface area (TPSA) is 80.3 Å². The van der Waals surface area contributed by atoms with Crippen LogP contribution >= 0.6 is 0 Å². The predicted octanol–water partition coefficient (Wildman–Crippen LogP) is 2.90. The van der Waals surface area contributed by atoms with Gasteiger partial charge in [-0.1, -0.05) is 17.7 Å². The van der Waals surface area contributed by atoms with E-state index in [1.54, 1.807) is 17.0 Å². The summed E-state index contributed by atoms with van der Waals surface area (Å²) in [6, 6.07) is 10.8. The maximum Gasteiger partial charge on any atom is 0.325 e. The van der Waals surface area contributed by atoms with Gasteiger partial charge >= 0.3 is 6.03 Å². The van der Waals surface area contributed by atoms with Gasteiger partial charge in [0.05, 0.1) is 21.3 Å². The summed E-state index contributed by atoms with van der Waals surface area (Å²) in [6.45, 7) is 2.97. The molecule has 0 atom stereocenters. The summed E-state index contributed by atoms with van der Waals surface area (Å²) in [7, 11) is 4.52. The molecule has 154 valence electrons. The van der Waals surface area contributed by atoms with E-state index in [4.69, 9.17) is 14.2 Å². The van der Waals surface area contributed by atoms with Gasteiger partial charge in [0, 0.05) is 36.6 Å². The summed E-state index contributed by atoms with van der Waals surface area (Å²) in [4.78, 5) is 28.4. The molecule has 0 saturated carbocycles. The number of carbonyl (C=O) groups is 2. The largest absolute Gasteiger partial charge is 0.493 e. The lowest BCUT2D eigenvalue weighted by atomic mass is 10.2. The number of carbonyl (C=O) groups excluding carboxylic acids is 2. The van der Waals surface area contributed by atoms with E-state index in [0.29, 0.717) is 36.0 Å². The molecule has 0 aromatic heterocycles. The van der Waals surface area contributed by atoms with Gasteiger partial charge in [0.25, 0.3) is 0 Å². The Kier molecular flexibility index (Phi) is 6.11. The Bertz CT molecular complexity index is 873. The summed E-state index contributed by atoms with van der Waals surface area (Å²) in [6.07, 6.45) is 0. The SMILES string of the molecule is COc1cc(NC(=O)CN2CCN(c3ccc(C)cc3)C2=O)cc(OC)c1OC. The molecule has 3 amide bonds. The van der Waals surface area contributed by atoms with Crippen molar-refractivity contribution in [1.29, 1.82) is 0 Å². The van der Waals surface area contributed by atoms with Gasteiger partial charge in [-0.05, 0) is 19.1 Å². The molecule has 0 radical (unpaired) electrons. The van der Waals surface area contributed by atoms with Crippen LogP contribution in [0.1, 0.15) is 5.56 Å². The maximum atomic E-state index is 12.7. The number of methoxy groups -OCH3 is 3. The minimum Gasteiger partial charge on any atom is -0.493 e. The standard InChI is InChI=1S/C21H25N3O5/c1-14-5-7-16(8-6-14)24-10-9-23(21(24)26)13-19(25)22-15-11-17(27-2)20(29-4)18(12-15)28-3/h5-8,11-12H,9-10,13H2,1-4H3,(H,22,25). The monoisotopic (exact) mass is 399 g/mol. The van der Waals surface area contributed by atoms with Crippen molar-refractivity contribution >= 4 is 23.3 Å². The van der Waals surface area contributed by atoms with Crippen LogP contribution in [0.15, 0.2) is 36.4 Å². The minimum absolute atomic E-state index is 0.0438. The van der Waals surface area contributed by atoms with Gasteiger partial charge in [0.2, 0.25) is 11.7 Å². The Morgan fingerprint density at radius 1 is 1.00 bits per heavy atom. The molecule has 1 aliphatic rings. The number of hydrogen-bond acceptors (Lipinski definition) is 5. The number of ether oxygens (including phenoxy) is 3. The van der Waals surface area contributed by atoms with Crippen LogP contribution in [0.4, 0.5) is 16.2 Å². The number of aryl methyl sites for hydroxylation is 1. The highest BCUT2D eigenvalue weighted by Gasteiger charge is 2.30. The van der Waals surface area contributed by atoms with Crippen LogP contribution in [0.25, 0.3) is 0 Å². The van der Waals surface area contributed by atoms with E-state index in [-0.39, 0.29) is 18.5 Å². The summed E-state index contributed by atoms with van der Waals surface area (Å²) in [5.74, 6) is 1.00. The minimum atomic E-state index is -0.307. The van der Waals surface area contributed by atoms with Gasteiger partial charge in [-0.3, -0.25) is 9.69 Å². The van der Waals surface area contributed by atoms with Gasteiger partial charge in [0.1, 0.15) is 6.54 Å². The molecule has 8 nitrogen and oxygen atoms in total. The zero-order chi connectivity index (χ0) is 21.0. The van der Waals surface area contributed by atoms with E-state index in [2.05, 4.69) is 5.32 Å². The molecule has 1 aliphatic heterocycles. The Morgan fingerprint density at radius 2 is 1.62 bits per heavy atom. The average molecular weight is 399 g/mol. The molecule has 1 heterocycles. The third kappa shape index (κ3) is 4.37. The first-order valence-electron chi connectivity index (χ1n) is 9.19. The molecular weight excluding hydrogens is 374 g/mol. The van der Waals surface area contributed by atoms with Crippen LogP contribution in [0, 0.1) is 6.92 Å². The number of nitrogens with one attached hydrogen (secondary N) is 1. The van der Waals surface area contributed by atoms with Crippen molar-refractivity contribution in [2.75, 3.05) is 51.2 Å². The summed E-state index contributed by atoms with van der Waals surface area (Å²) < 4.78 is 15.9. The molecule has 0 aliphatic carbocycles. The van der Waals surface area contributed by atoms with Crippen molar-refractivity contribution in [2.24, 2.45) is 0 Å². The molecular formula is C21H25N3O5. The van der Waals surface area contributed by atoms with Gasteiger partial charge in [-0.15, -0.1) is 0 Å². The van der Waals surface area contributed by atoms with E-state index < -0.39 is 0 Å². The highest BCUT2D eigenvalue weighted by Crippen LogP contribution is 2.39. The molecule has 2 aromatic carbocycles. The van der Waals surface area contributed by atoms with Gasteiger partial charge in [-0.25, -0.2) is 4.79 Å². The van der Waals surface area contributed by atoms with Crippen molar-refractivity contribution in [3.05, 3.63) is 42.0 Å². The average Bonchev–Trinajstić information content (AvgIpc) is 3.07. The second kappa shape index (κ2) is 8.72. The molecule has 2 aromatic rings. The van der Waals surface area contributed by atoms with Crippen molar-refractivity contribution in [1.82, 2.24) is 4.90 Å². The molecule has 0 bridgehead atoms. The van der Waals surface area contributed by atoms with E-state index in [9.17, 15) is 9.59 Å². The molecule has 8 heteroatoms. The number of benzene rings is 2. The van der Waals surface area contributed by atoms with Crippen LogP contribution in [0.3, 0.4) is 0 Å². The number of nitrogens with zero attached hydrogens (tertiary/aromatic N) is 2.